The fourth-order valence-electron chi connectivity index (χ4n) is 1.52. The maximum Gasteiger partial charge on any atom is 0.151 e. The van der Waals surface area contributed by atoms with Crippen molar-refractivity contribution < 1.29 is 5.76 Å². The molecule has 0 fully saturated rings. The van der Waals surface area contributed by atoms with Crippen LogP contribution in [0.4, 0.5) is 4.39 Å². The van der Waals surface area contributed by atoms with E-state index in [1.807, 2.05) is 6.40 Å². The van der Waals surface area contributed by atoms with Gasteiger partial charge in [0.15, 0.2) is 6.67 Å². The molecular weight excluding hydrogens is 632 g/mol. The Labute approximate surface area is 308 Å². The molecule has 0 aromatic rings. The number of hydrogen-bond acceptors (Lipinski definition) is 0. The van der Waals surface area contributed by atoms with Crippen molar-refractivity contribution in [3.63, 3.8) is 0 Å². The first-order valence-corrected chi connectivity index (χ1v) is 12.9. The molecular formula is C51H3F. The van der Waals surface area contributed by atoms with Crippen molar-refractivity contribution in [2.24, 2.45) is 0 Å². The summed E-state index contributed by atoms with van der Waals surface area (Å²) in [6, 6.07) is 0. The molecule has 0 unspecified atom stereocenters. The molecule has 0 saturated heterocycles. The Morgan fingerprint density at radius 3 is 0.500 bits per heavy atom. The summed E-state index contributed by atoms with van der Waals surface area (Å²) in [6.07, 6.45) is 1.87. The lowest BCUT2D eigenvalue weighted by Gasteiger charge is -1.58. The lowest BCUT2D eigenvalue weighted by atomic mass is 10.4. The molecule has 0 aromatic carbocycles. The highest BCUT2D eigenvalue weighted by Crippen LogP contribution is 1.63. The van der Waals surface area contributed by atoms with E-state index in [2.05, 4.69) is 290 Å². The van der Waals surface area contributed by atoms with Crippen LogP contribution in [-0.4, -0.2) is 6.67 Å². The minimum absolute atomic E-state index is 0.752. The summed E-state index contributed by atoms with van der Waals surface area (Å²) in [5.41, 5.74) is 0. The summed E-state index contributed by atoms with van der Waals surface area (Å²) in [5, 5.41) is 0. The first kappa shape index (κ1) is 39.0. The number of alkyl halides is 1. The van der Waals surface area contributed by atoms with Crippen molar-refractivity contribution in [1.82, 2.24) is 0 Å². The highest BCUT2D eigenvalue weighted by molar-refractivity contribution is 5.51. The molecule has 0 N–H and O–H groups in total. The van der Waals surface area contributed by atoms with Gasteiger partial charge in [-0.15, -0.1) is 6.40 Å². The van der Waals surface area contributed by atoms with Crippen molar-refractivity contribution in [1.29, 1.82) is 0 Å². The molecule has 0 bridgehead atoms. The average Bonchev–Trinajstić information content (AvgIpc) is 3.17. The summed E-state index contributed by atoms with van der Waals surface area (Å²) < 4.78 is 18.3. The van der Waals surface area contributed by atoms with Crippen LogP contribution >= 0.6 is 0 Å². The normalized spacial score (nSPS) is 4.21. The minimum Gasteiger partial charge on any atom is -0.237 e. The van der Waals surface area contributed by atoms with Crippen LogP contribution in [0.2, 0.25) is 0 Å². The van der Waals surface area contributed by atoms with Gasteiger partial charge in [0.2, 0.25) is 0 Å². The van der Waals surface area contributed by atoms with Gasteiger partial charge in [0, 0.05) is 189 Å². The van der Waals surface area contributed by atoms with Crippen LogP contribution in [0, 0.1) is 297 Å². The van der Waals surface area contributed by atoms with E-state index in [0.717, 1.165) is 0 Å². The predicted molar refractivity (Wildman–Crippen MR) is 201 cm³/mol. The Morgan fingerprint density at radius 2 is 0.365 bits per heavy atom. The number of terminal acetylenes is 1. The van der Waals surface area contributed by atoms with Gasteiger partial charge in [-0.3, -0.25) is 0 Å². The Bertz CT molecular complexity index is 3190. The third-order valence-electron chi connectivity index (χ3n) is 3.09. The summed E-state index contributed by atoms with van der Waals surface area (Å²) in [4.78, 5) is 0. The fraction of sp³-hybridized carbons (Fsp3) is 0.0196. The zero-order chi connectivity index (χ0) is 38.1. The van der Waals surface area contributed by atoms with E-state index >= 15 is 0 Å². The molecule has 0 aliphatic carbocycles. The largest absolute Gasteiger partial charge is 0.237 e. The average molecular weight is 636 g/mol. The van der Waals surface area contributed by atoms with E-state index in [9.17, 15) is 4.39 Å². The Morgan fingerprint density at radius 1 is 0.231 bits per heavy atom. The lowest BCUT2D eigenvalue weighted by Crippen LogP contribution is -1.59. The lowest BCUT2D eigenvalue weighted by molar-refractivity contribution is 0.573. The Hall–Kier alpha value is -11.1. The first-order valence-electron chi connectivity index (χ1n) is 13.4. The molecule has 52 heavy (non-hydrogen) atoms. The molecule has 0 aliphatic heterocycles. The van der Waals surface area contributed by atoms with E-state index in [1.54, 1.807) is 0 Å². The van der Waals surface area contributed by atoms with E-state index in [0.29, 0.717) is 0 Å². The third kappa shape index (κ3) is 38.9. The Balaban J connectivity index is 4.56. The van der Waals surface area contributed by atoms with Crippen molar-refractivity contribution in [2.45, 2.75) is 0 Å². The molecule has 0 aromatic heterocycles. The monoisotopic (exact) mass is 635 g/mol. The molecule has 0 rings (SSSR count). The topological polar surface area (TPSA) is 0 Å². The quantitative estimate of drug-likeness (QED) is 0.344. The van der Waals surface area contributed by atoms with Crippen LogP contribution in [0.15, 0.2) is 0 Å². The van der Waals surface area contributed by atoms with Crippen LogP contribution in [0.5, 0.6) is 0 Å². The molecule has 0 aliphatic rings. The maximum absolute atomic E-state index is 11.7. The second kappa shape index (κ2) is 39.9. The van der Waals surface area contributed by atoms with Crippen molar-refractivity contribution in [3.8, 4) is 297 Å². The van der Waals surface area contributed by atoms with E-state index in [1.165, 1.54) is 0 Å². The van der Waals surface area contributed by atoms with Crippen molar-refractivity contribution in [3.05, 3.63) is 0 Å². The third-order valence-corrected chi connectivity index (χ3v) is 3.09. The highest BCUT2D eigenvalue weighted by Gasteiger charge is 1.62. The molecule has 1 heteroatoms. The minimum atomic E-state index is -0.752. The van der Waals surface area contributed by atoms with Gasteiger partial charge >= 0.3 is 0 Å². The molecule has 0 atom stereocenters. The molecule has 0 radical (unpaired) electrons. The van der Waals surface area contributed by atoms with Crippen LogP contribution in [-0.2, 0) is 0 Å². The van der Waals surface area contributed by atoms with Crippen LogP contribution in [0.25, 0.3) is 0 Å². The standard InChI is InChI=1S/C51H3F/c1-2-3-4-5-6-7-8-9-10-11-12-13-14-15-16-17-18-19-20-21-22-23-24-25-26-27-28-29-30-31-32-33-34-35-36-37-38-39-40-41-42-43-44-45-46-47-48-49-50-51-52/h1H,51H2/i1D. The number of halogens is 1. The molecule has 214 valence electrons. The second-order valence-electron chi connectivity index (χ2n) is 6.31. The summed E-state index contributed by atoms with van der Waals surface area (Å²) in [5.74, 6) is 120. The van der Waals surface area contributed by atoms with Gasteiger partial charge in [0.05, 0.1) is 0 Å². The predicted octanol–water partition coefficient (Wildman–Crippen LogP) is 0.671. The van der Waals surface area contributed by atoms with Gasteiger partial charge in [0.1, 0.15) is 1.37 Å². The van der Waals surface area contributed by atoms with Crippen molar-refractivity contribution in [2.75, 3.05) is 6.67 Å². The Kier molecular flexibility index (Phi) is 29.9. The number of rotatable bonds is 0. The SMILES string of the molecule is [2H]C#CC#CC#CC#CC#CC#CC#CC#CC#CC#CC#CC#CC#CC#CC#CC#CC#CC#CC#CC#CC#CC#CC#CC#CC#CCF. The highest BCUT2D eigenvalue weighted by atomic mass is 19.1. The van der Waals surface area contributed by atoms with Gasteiger partial charge in [0.25, 0.3) is 0 Å². The summed E-state index contributed by atoms with van der Waals surface area (Å²) in [6.45, 7) is -0.752. The van der Waals surface area contributed by atoms with Gasteiger partial charge < -0.3 is 0 Å². The van der Waals surface area contributed by atoms with Gasteiger partial charge in [-0.2, -0.15) is 0 Å². The van der Waals surface area contributed by atoms with Crippen LogP contribution in [0.3, 0.4) is 0 Å². The number of hydrogen-bond donors (Lipinski definition) is 0. The molecule has 0 saturated carbocycles. The van der Waals surface area contributed by atoms with E-state index < -0.39 is 6.67 Å². The molecule has 0 amide bonds. The zero-order valence-electron chi connectivity index (χ0n) is 27.1. The summed E-state index contributed by atoms with van der Waals surface area (Å²) >= 11 is 0. The van der Waals surface area contributed by atoms with Crippen LogP contribution in [0.1, 0.15) is 1.37 Å². The molecule has 0 nitrogen and oxygen atoms in total. The zero-order valence-corrected chi connectivity index (χ0v) is 26.1. The van der Waals surface area contributed by atoms with Crippen LogP contribution < -0.4 is 0 Å². The summed E-state index contributed by atoms with van der Waals surface area (Å²) in [7, 11) is 0. The van der Waals surface area contributed by atoms with E-state index in [4.69, 9.17) is 1.37 Å². The van der Waals surface area contributed by atoms with Crippen molar-refractivity contribution >= 4 is 0 Å². The van der Waals surface area contributed by atoms with Gasteiger partial charge in [-0.25, -0.2) is 4.39 Å². The van der Waals surface area contributed by atoms with E-state index in [-0.39, 0.29) is 0 Å². The molecule has 0 spiro atoms. The second-order valence-corrected chi connectivity index (χ2v) is 6.31. The fourth-order valence-corrected chi connectivity index (χ4v) is 1.52. The maximum atomic E-state index is 11.7. The molecule has 0 heterocycles. The smallest absolute Gasteiger partial charge is 0.151 e. The first-order chi connectivity index (χ1) is 26.4. The van der Waals surface area contributed by atoms with Gasteiger partial charge in [-0.05, 0) is 94.7 Å². The van der Waals surface area contributed by atoms with Gasteiger partial charge in [-0.1, -0.05) is 5.92 Å².